The van der Waals surface area contributed by atoms with E-state index >= 15 is 0 Å². The summed E-state index contributed by atoms with van der Waals surface area (Å²) in [7, 11) is 0. The Morgan fingerprint density at radius 3 is 2.62 bits per heavy atom. The average molecular weight is 234 g/mol. The monoisotopic (exact) mass is 233 g/mol. The van der Waals surface area contributed by atoms with Crippen LogP contribution in [-0.4, -0.2) is 4.98 Å². The van der Waals surface area contributed by atoms with Gasteiger partial charge in [0.2, 0.25) is 0 Å². The van der Waals surface area contributed by atoms with Gasteiger partial charge in [-0.25, -0.2) is 0 Å². The summed E-state index contributed by atoms with van der Waals surface area (Å²) in [5, 5.41) is 1.87. The molecular weight excluding hydrogens is 218 g/mol. The summed E-state index contributed by atoms with van der Waals surface area (Å²) in [6.45, 7) is 6.40. The fraction of sp³-hybridized carbons (Fsp3) is 0.357. The third kappa shape index (κ3) is 2.05. The van der Waals surface area contributed by atoms with E-state index in [1.807, 2.05) is 6.07 Å². The molecule has 0 aliphatic heterocycles. The largest absolute Gasteiger partial charge is 0.252 e. The van der Waals surface area contributed by atoms with E-state index in [1.54, 1.807) is 0 Å². The van der Waals surface area contributed by atoms with Crippen LogP contribution in [0.2, 0.25) is 5.02 Å². The molecule has 84 valence electrons. The van der Waals surface area contributed by atoms with Crippen LogP contribution in [0.4, 0.5) is 0 Å². The van der Waals surface area contributed by atoms with Crippen molar-refractivity contribution in [3.8, 4) is 0 Å². The maximum Gasteiger partial charge on any atom is 0.0720 e. The van der Waals surface area contributed by atoms with Gasteiger partial charge >= 0.3 is 0 Å². The van der Waals surface area contributed by atoms with Gasteiger partial charge in [0.05, 0.1) is 10.5 Å². The Labute approximate surface area is 101 Å². The Kier molecular flexibility index (Phi) is 3.15. The molecule has 1 aromatic carbocycles. The molecule has 0 atom stereocenters. The summed E-state index contributed by atoms with van der Waals surface area (Å²) in [4.78, 5) is 4.63. The molecule has 0 spiro atoms. The molecule has 0 amide bonds. The predicted molar refractivity (Wildman–Crippen MR) is 70.2 cm³/mol. The SMILES string of the molecule is CCc1ccc2nc(C(C)C)cc(Cl)c2c1. The van der Waals surface area contributed by atoms with Gasteiger partial charge in [-0.3, -0.25) is 4.98 Å². The molecule has 0 unspecified atom stereocenters. The minimum absolute atomic E-state index is 0.410. The third-order valence-corrected chi connectivity index (χ3v) is 3.15. The molecule has 2 aromatic rings. The number of benzene rings is 1. The summed E-state index contributed by atoms with van der Waals surface area (Å²) < 4.78 is 0. The topological polar surface area (TPSA) is 12.9 Å². The van der Waals surface area contributed by atoms with Crippen LogP contribution < -0.4 is 0 Å². The Hall–Kier alpha value is -1.08. The molecule has 0 saturated heterocycles. The zero-order chi connectivity index (χ0) is 11.7. The molecule has 0 aliphatic rings. The number of fused-ring (bicyclic) bond motifs is 1. The number of halogens is 1. The zero-order valence-electron chi connectivity index (χ0n) is 9.92. The molecule has 1 heterocycles. The highest BCUT2D eigenvalue weighted by Crippen LogP contribution is 2.27. The van der Waals surface area contributed by atoms with Crippen LogP contribution >= 0.6 is 11.6 Å². The number of hydrogen-bond acceptors (Lipinski definition) is 1. The lowest BCUT2D eigenvalue weighted by Crippen LogP contribution is -1.94. The van der Waals surface area contributed by atoms with Crippen molar-refractivity contribution in [3.05, 3.63) is 40.5 Å². The summed E-state index contributed by atoms with van der Waals surface area (Å²) in [6, 6.07) is 8.30. The molecule has 0 bridgehead atoms. The molecule has 0 radical (unpaired) electrons. The van der Waals surface area contributed by atoms with Gasteiger partial charge in [0, 0.05) is 11.1 Å². The van der Waals surface area contributed by atoms with Gasteiger partial charge in [0.1, 0.15) is 0 Å². The Morgan fingerprint density at radius 1 is 1.25 bits per heavy atom. The molecule has 0 N–H and O–H groups in total. The lowest BCUT2D eigenvalue weighted by atomic mass is 10.1. The lowest BCUT2D eigenvalue weighted by molar-refractivity contribution is 0.830. The van der Waals surface area contributed by atoms with E-state index in [9.17, 15) is 0 Å². The predicted octanol–water partition coefficient (Wildman–Crippen LogP) is 4.57. The second kappa shape index (κ2) is 4.42. The van der Waals surface area contributed by atoms with E-state index < -0.39 is 0 Å². The van der Waals surface area contributed by atoms with Gasteiger partial charge in [-0.15, -0.1) is 0 Å². The molecule has 0 saturated carbocycles. The van der Waals surface area contributed by atoms with Gasteiger partial charge < -0.3 is 0 Å². The van der Waals surface area contributed by atoms with Crippen LogP contribution in [0.1, 0.15) is 37.9 Å². The van der Waals surface area contributed by atoms with Gasteiger partial charge in [0.15, 0.2) is 0 Å². The normalized spacial score (nSPS) is 11.3. The Bertz CT molecular complexity index is 517. The first-order valence-electron chi connectivity index (χ1n) is 5.71. The summed E-state index contributed by atoms with van der Waals surface area (Å²) >= 11 is 6.30. The van der Waals surface area contributed by atoms with E-state index in [1.165, 1.54) is 5.56 Å². The molecule has 0 fully saturated rings. The van der Waals surface area contributed by atoms with Crippen molar-refractivity contribution in [3.63, 3.8) is 0 Å². The molecule has 1 nitrogen and oxygen atoms in total. The van der Waals surface area contributed by atoms with Gasteiger partial charge in [-0.05, 0) is 36.1 Å². The van der Waals surface area contributed by atoms with Crippen molar-refractivity contribution in [2.75, 3.05) is 0 Å². The van der Waals surface area contributed by atoms with Crippen LogP contribution in [-0.2, 0) is 6.42 Å². The van der Waals surface area contributed by atoms with Crippen molar-refractivity contribution >= 4 is 22.5 Å². The minimum Gasteiger partial charge on any atom is -0.252 e. The highest BCUT2D eigenvalue weighted by molar-refractivity contribution is 6.35. The van der Waals surface area contributed by atoms with E-state index in [4.69, 9.17) is 11.6 Å². The van der Waals surface area contributed by atoms with Gasteiger partial charge in [0.25, 0.3) is 0 Å². The molecule has 2 heteroatoms. The number of rotatable bonds is 2. The summed E-state index contributed by atoms with van der Waals surface area (Å²) in [6.07, 6.45) is 1.03. The average Bonchev–Trinajstić information content (AvgIpc) is 2.28. The second-order valence-electron chi connectivity index (χ2n) is 4.39. The highest BCUT2D eigenvalue weighted by atomic mass is 35.5. The van der Waals surface area contributed by atoms with E-state index in [0.29, 0.717) is 5.92 Å². The van der Waals surface area contributed by atoms with Gasteiger partial charge in [-0.1, -0.05) is 38.4 Å². The van der Waals surface area contributed by atoms with Crippen molar-refractivity contribution in [1.29, 1.82) is 0 Å². The van der Waals surface area contributed by atoms with Crippen LogP contribution in [0.3, 0.4) is 0 Å². The smallest absolute Gasteiger partial charge is 0.0720 e. The fourth-order valence-electron chi connectivity index (χ4n) is 1.77. The van der Waals surface area contributed by atoms with Crippen molar-refractivity contribution < 1.29 is 0 Å². The number of aryl methyl sites for hydroxylation is 1. The molecule has 1 aromatic heterocycles. The minimum atomic E-state index is 0.410. The van der Waals surface area contributed by atoms with Crippen LogP contribution in [0.15, 0.2) is 24.3 Å². The van der Waals surface area contributed by atoms with E-state index in [2.05, 4.69) is 44.0 Å². The van der Waals surface area contributed by atoms with Gasteiger partial charge in [-0.2, -0.15) is 0 Å². The Morgan fingerprint density at radius 2 is 2.00 bits per heavy atom. The van der Waals surface area contributed by atoms with Crippen molar-refractivity contribution in [2.24, 2.45) is 0 Å². The molecule has 16 heavy (non-hydrogen) atoms. The van der Waals surface area contributed by atoms with Crippen molar-refractivity contribution in [2.45, 2.75) is 33.1 Å². The van der Waals surface area contributed by atoms with Crippen molar-refractivity contribution in [1.82, 2.24) is 4.98 Å². The summed E-state index contributed by atoms with van der Waals surface area (Å²) in [5.74, 6) is 0.410. The lowest BCUT2D eigenvalue weighted by Gasteiger charge is -2.08. The van der Waals surface area contributed by atoms with Crippen LogP contribution in [0, 0.1) is 0 Å². The first kappa shape index (κ1) is 11.4. The maximum absolute atomic E-state index is 6.30. The standard InChI is InChI=1S/C14H16ClN/c1-4-10-5-6-13-11(7-10)12(15)8-14(16-13)9(2)3/h5-9H,4H2,1-3H3. The third-order valence-electron chi connectivity index (χ3n) is 2.84. The first-order chi connectivity index (χ1) is 7.61. The first-order valence-corrected chi connectivity index (χ1v) is 6.08. The summed E-state index contributed by atoms with van der Waals surface area (Å²) in [5.41, 5.74) is 3.35. The number of pyridine rings is 1. The number of hydrogen-bond donors (Lipinski definition) is 0. The maximum atomic E-state index is 6.30. The number of aromatic nitrogens is 1. The van der Waals surface area contributed by atoms with E-state index in [0.717, 1.165) is 28.0 Å². The zero-order valence-corrected chi connectivity index (χ0v) is 10.7. The highest BCUT2D eigenvalue weighted by Gasteiger charge is 2.07. The fourth-order valence-corrected chi connectivity index (χ4v) is 2.03. The molecule has 0 aliphatic carbocycles. The number of nitrogens with zero attached hydrogens (tertiary/aromatic N) is 1. The quantitative estimate of drug-likeness (QED) is 0.740. The molecular formula is C14H16ClN. The molecule has 2 rings (SSSR count). The van der Waals surface area contributed by atoms with Crippen LogP contribution in [0.5, 0.6) is 0 Å². The second-order valence-corrected chi connectivity index (χ2v) is 4.80. The van der Waals surface area contributed by atoms with E-state index in [-0.39, 0.29) is 0 Å². The van der Waals surface area contributed by atoms with Crippen LogP contribution in [0.25, 0.3) is 10.9 Å². The Balaban J connectivity index is 2.66.